The summed E-state index contributed by atoms with van der Waals surface area (Å²) in [7, 11) is 0. The predicted octanol–water partition coefficient (Wildman–Crippen LogP) is 3.52. The van der Waals surface area contributed by atoms with Crippen LogP contribution in [-0.2, 0) is 0 Å². The molecule has 1 aromatic heterocycles. The van der Waals surface area contributed by atoms with E-state index in [4.69, 9.17) is 0 Å². The number of fused-ring (bicyclic) bond motifs is 1. The van der Waals surface area contributed by atoms with Crippen molar-refractivity contribution in [3.05, 3.63) is 40.3 Å². The van der Waals surface area contributed by atoms with Crippen LogP contribution in [0.2, 0.25) is 0 Å². The minimum absolute atomic E-state index is 0.0997. The van der Waals surface area contributed by atoms with Crippen LogP contribution < -0.4 is 4.90 Å². The fourth-order valence-electron chi connectivity index (χ4n) is 2.65. The number of halogens is 3. The Morgan fingerprint density at radius 2 is 1.95 bits per heavy atom. The summed E-state index contributed by atoms with van der Waals surface area (Å²) in [6, 6.07) is 3.55. The van der Waals surface area contributed by atoms with Gasteiger partial charge in [-0.15, -0.1) is 0 Å². The third kappa shape index (κ3) is 2.56. The molecule has 0 saturated carbocycles. The van der Waals surface area contributed by atoms with Crippen molar-refractivity contribution in [3.63, 3.8) is 0 Å². The molecule has 1 aliphatic rings. The van der Waals surface area contributed by atoms with Gasteiger partial charge in [-0.05, 0) is 6.07 Å². The van der Waals surface area contributed by atoms with Crippen LogP contribution in [0.4, 0.5) is 24.5 Å². The number of pyridine rings is 1. The molecule has 8 heteroatoms. The van der Waals surface area contributed by atoms with Gasteiger partial charge in [-0.25, -0.2) is 13.2 Å². The molecule has 0 unspecified atom stereocenters. The van der Waals surface area contributed by atoms with E-state index in [0.29, 0.717) is 5.69 Å². The summed E-state index contributed by atoms with van der Waals surface area (Å²) in [4.78, 5) is 15.7. The highest BCUT2D eigenvalue weighted by molar-refractivity contribution is 5.93. The van der Waals surface area contributed by atoms with Crippen LogP contribution in [0.5, 0.6) is 0 Å². The quantitative estimate of drug-likeness (QED) is 0.629. The van der Waals surface area contributed by atoms with Crippen LogP contribution in [0, 0.1) is 15.9 Å². The number of rotatable bonds is 2. The molecule has 116 valence electrons. The van der Waals surface area contributed by atoms with Crippen LogP contribution in [-0.4, -0.2) is 28.9 Å². The van der Waals surface area contributed by atoms with Crippen molar-refractivity contribution in [2.24, 2.45) is 0 Å². The van der Waals surface area contributed by atoms with E-state index in [1.807, 2.05) is 0 Å². The van der Waals surface area contributed by atoms with Crippen molar-refractivity contribution in [2.75, 3.05) is 18.0 Å². The molecule has 0 N–H and O–H groups in total. The second kappa shape index (κ2) is 5.11. The van der Waals surface area contributed by atoms with Crippen LogP contribution in [0.3, 0.4) is 0 Å². The molecular weight excluding hydrogens is 299 g/mol. The second-order valence-corrected chi connectivity index (χ2v) is 5.25. The summed E-state index contributed by atoms with van der Waals surface area (Å²) in [6.45, 7) is 0.199. The third-order valence-electron chi connectivity index (χ3n) is 3.80. The van der Waals surface area contributed by atoms with Gasteiger partial charge in [0.15, 0.2) is 0 Å². The predicted molar refractivity (Wildman–Crippen MR) is 74.7 cm³/mol. The molecule has 22 heavy (non-hydrogen) atoms. The van der Waals surface area contributed by atoms with Crippen molar-refractivity contribution in [3.8, 4) is 0 Å². The van der Waals surface area contributed by atoms with E-state index in [9.17, 15) is 23.3 Å². The SMILES string of the molecule is O=[N+]([O-])c1cc(F)c2c(N3CCC(F)(F)CC3)ccnc2c1. The Hall–Kier alpha value is -2.38. The summed E-state index contributed by atoms with van der Waals surface area (Å²) in [6.07, 6.45) is 0.796. The molecule has 0 radical (unpaired) electrons. The summed E-state index contributed by atoms with van der Waals surface area (Å²) in [5.74, 6) is -3.47. The molecule has 1 aromatic carbocycles. The van der Waals surface area contributed by atoms with Crippen molar-refractivity contribution < 1.29 is 18.1 Å². The summed E-state index contributed by atoms with van der Waals surface area (Å²) < 4.78 is 40.7. The number of anilines is 1. The monoisotopic (exact) mass is 311 g/mol. The molecule has 1 fully saturated rings. The van der Waals surface area contributed by atoms with Crippen molar-refractivity contribution >= 4 is 22.3 Å². The summed E-state index contributed by atoms with van der Waals surface area (Å²) in [5, 5.41) is 10.9. The van der Waals surface area contributed by atoms with E-state index in [-0.39, 0.29) is 42.5 Å². The van der Waals surface area contributed by atoms with Gasteiger partial charge in [0.2, 0.25) is 0 Å². The number of alkyl halides is 2. The Morgan fingerprint density at radius 1 is 1.27 bits per heavy atom. The number of benzene rings is 1. The number of nitrogens with zero attached hydrogens (tertiary/aromatic N) is 3. The molecule has 1 saturated heterocycles. The molecular formula is C14H12F3N3O2. The van der Waals surface area contributed by atoms with Gasteiger partial charge in [-0.2, -0.15) is 0 Å². The van der Waals surface area contributed by atoms with Crippen molar-refractivity contribution in [1.82, 2.24) is 4.98 Å². The molecule has 3 rings (SSSR count). The first-order valence-corrected chi connectivity index (χ1v) is 6.73. The Kier molecular flexibility index (Phi) is 3.38. The maximum Gasteiger partial charge on any atom is 0.274 e. The Balaban J connectivity index is 2.06. The number of non-ortho nitro benzene ring substituents is 1. The minimum Gasteiger partial charge on any atom is -0.370 e. The van der Waals surface area contributed by atoms with Gasteiger partial charge in [0.25, 0.3) is 11.6 Å². The Labute approximate surface area is 123 Å². The van der Waals surface area contributed by atoms with Crippen LogP contribution in [0.1, 0.15) is 12.8 Å². The smallest absolute Gasteiger partial charge is 0.274 e. The first-order chi connectivity index (χ1) is 10.4. The van der Waals surface area contributed by atoms with Crippen LogP contribution in [0.25, 0.3) is 10.9 Å². The van der Waals surface area contributed by atoms with Crippen molar-refractivity contribution in [2.45, 2.75) is 18.8 Å². The highest BCUT2D eigenvalue weighted by Crippen LogP contribution is 2.35. The third-order valence-corrected chi connectivity index (χ3v) is 3.80. The minimum atomic E-state index is -2.70. The fraction of sp³-hybridized carbons (Fsp3) is 0.357. The molecule has 0 spiro atoms. The lowest BCUT2D eigenvalue weighted by atomic mass is 10.0. The zero-order valence-electron chi connectivity index (χ0n) is 11.4. The number of aromatic nitrogens is 1. The molecule has 0 atom stereocenters. The summed E-state index contributed by atoms with van der Waals surface area (Å²) in [5.41, 5.74) is 0.189. The lowest BCUT2D eigenvalue weighted by Gasteiger charge is -2.33. The molecule has 2 aromatic rings. The second-order valence-electron chi connectivity index (χ2n) is 5.25. The number of hydrogen-bond acceptors (Lipinski definition) is 4. The Morgan fingerprint density at radius 3 is 2.59 bits per heavy atom. The normalized spacial score (nSPS) is 17.7. The molecule has 0 amide bonds. The zero-order chi connectivity index (χ0) is 15.9. The first kappa shape index (κ1) is 14.6. The van der Waals surface area contributed by atoms with Gasteiger partial charge in [0.1, 0.15) is 5.82 Å². The largest absolute Gasteiger partial charge is 0.370 e. The lowest BCUT2D eigenvalue weighted by Crippen LogP contribution is -2.39. The van der Waals surface area contributed by atoms with Gasteiger partial charge in [0.05, 0.1) is 27.6 Å². The van der Waals surface area contributed by atoms with Gasteiger partial charge in [0, 0.05) is 38.2 Å². The fourth-order valence-corrected chi connectivity index (χ4v) is 2.65. The number of nitro benzene ring substituents is 1. The highest BCUT2D eigenvalue weighted by Gasteiger charge is 2.34. The number of hydrogen-bond donors (Lipinski definition) is 0. The maximum atomic E-state index is 14.3. The first-order valence-electron chi connectivity index (χ1n) is 6.73. The molecule has 1 aliphatic heterocycles. The topological polar surface area (TPSA) is 59.3 Å². The average Bonchev–Trinajstić information content (AvgIpc) is 2.46. The van der Waals surface area contributed by atoms with E-state index >= 15 is 0 Å². The Bertz CT molecular complexity index is 741. The van der Waals surface area contributed by atoms with E-state index in [0.717, 1.165) is 6.07 Å². The zero-order valence-corrected chi connectivity index (χ0v) is 11.4. The molecule has 5 nitrogen and oxygen atoms in total. The van der Waals surface area contributed by atoms with Crippen molar-refractivity contribution in [1.29, 1.82) is 0 Å². The van der Waals surface area contributed by atoms with Crippen LogP contribution >= 0.6 is 0 Å². The van der Waals surface area contributed by atoms with E-state index in [2.05, 4.69) is 4.98 Å². The standard InChI is InChI=1S/C14H12F3N3O2/c15-10-7-9(20(21)22)8-11-13(10)12(1-4-18-11)19-5-2-14(16,17)3-6-19/h1,4,7-8H,2-3,5-6H2. The van der Waals surface area contributed by atoms with Gasteiger partial charge < -0.3 is 4.90 Å². The molecule has 0 aliphatic carbocycles. The number of piperidine rings is 1. The maximum absolute atomic E-state index is 14.3. The van der Waals surface area contributed by atoms with Crippen LogP contribution in [0.15, 0.2) is 24.4 Å². The van der Waals surface area contributed by atoms with Gasteiger partial charge >= 0.3 is 0 Å². The van der Waals surface area contributed by atoms with E-state index in [1.54, 1.807) is 11.0 Å². The van der Waals surface area contributed by atoms with Gasteiger partial charge in [-0.3, -0.25) is 15.1 Å². The lowest BCUT2D eigenvalue weighted by molar-refractivity contribution is -0.384. The molecule has 2 heterocycles. The highest BCUT2D eigenvalue weighted by atomic mass is 19.3. The van der Waals surface area contributed by atoms with Gasteiger partial charge in [-0.1, -0.05) is 0 Å². The average molecular weight is 311 g/mol. The summed E-state index contributed by atoms with van der Waals surface area (Å²) >= 11 is 0. The van der Waals surface area contributed by atoms with E-state index < -0.39 is 16.7 Å². The number of nitro groups is 1. The molecule has 0 bridgehead atoms. The van der Waals surface area contributed by atoms with E-state index in [1.165, 1.54) is 12.3 Å².